The highest BCUT2D eigenvalue weighted by molar-refractivity contribution is 8.26. The van der Waals surface area contributed by atoms with E-state index in [1.807, 2.05) is 103 Å². The van der Waals surface area contributed by atoms with Crippen LogP contribution in [0.1, 0.15) is 25.3 Å². The summed E-state index contributed by atoms with van der Waals surface area (Å²) >= 11 is 8.49. The number of para-hydroxylation sites is 2. The van der Waals surface area contributed by atoms with Crippen LogP contribution in [-0.2, 0) is 9.59 Å². The molecular weight excluding hydrogens is 505 g/mol. The van der Waals surface area contributed by atoms with Crippen molar-refractivity contribution in [2.75, 3.05) is 11.4 Å². The molecule has 7 heteroatoms. The Balaban J connectivity index is 1.25. The number of carbonyl (C=O) groups is 2. The van der Waals surface area contributed by atoms with E-state index < -0.39 is 0 Å². The molecule has 0 N–H and O–H groups in total. The number of carbonyl (C=O) groups excluding carboxylic acids is 2. The zero-order valence-corrected chi connectivity index (χ0v) is 22.2. The molecule has 0 atom stereocenters. The second-order valence-electron chi connectivity index (χ2n) is 8.50. The number of hydrogen-bond donors (Lipinski definition) is 0. The van der Waals surface area contributed by atoms with Gasteiger partial charge in [0, 0.05) is 22.8 Å². The van der Waals surface area contributed by atoms with Gasteiger partial charge in [0.15, 0.2) is 0 Å². The van der Waals surface area contributed by atoms with Gasteiger partial charge in [-0.15, -0.1) is 0 Å². The fraction of sp³-hybridized carbons (Fsp3) is 0.138. The van der Waals surface area contributed by atoms with Gasteiger partial charge in [-0.05, 0) is 54.8 Å². The number of fused-ring (bicyclic) bond motifs is 2. The predicted molar refractivity (Wildman–Crippen MR) is 153 cm³/mol. The average molecular weight is 529 g/mol. The van der Waals surface area contributed by atoms with Crippen LogP contribution in [0.15, 0.2) is 105 Å². The summed E-state index contributed by atoms with van der Waals surface area (Å²) in [6, 6.07) is 25.9. The molecule has 5 rings (SSSR count). The zero-order chi connectivity index (χ0) is 25.1. The van der Waals surface area contributed by atoms with Crippen LogP contribution in [0.2, 0.25) is 0 Å². The molecule has 0 aromatic heterocycles. The third kappa shape index (κ3) is 5.19. The summed E-state index contributed by atoms with van der Waals surface area (Å²) in [6.45, 7) is 2.39. The molecule has 180 valence electrons. The first kappa shape index (κ1) is 24.6. The highest BCUT2D eigenvalue weighted by atomic mass is 32.2. The molecule has 0 aliphatic carbocycles. The fourth-order valence-electron chi connectivity index (χ4n) is 4.23. The smallest absolute Gasteiger partial charge is 0.266 e. The summed E-state index contributed by atoms with van der Waals surface area (Å²) in [5.74, 6) is -0.0823. The maximum Gasteiger partial charge on any atom is 0.266 e. The number of benzene rings is 3. The van der Waals surface area contributed by atoms with Crippen molar-refractivity contribution in [1.82, 2.24) is 4.90 Å². The van der Waals surface area contributed by atoms with Crippen LogP contribution in [-0.4, -0.2) is 27.6 Å². The van der Waals surface area contributed by atoms with Gasteiger partial charge in [0.05, 0.1) is 16.3 Å². The first-order chi connectivity index (χ1) is 17.5. The van der Waals surface area contributed by atoms with Gasteiger partial charge in [0.1, 0.15) is 4.32 Å². The zero-order valence-electron chi connectivity index (χ0n) is 19.7. The highest BCUT2D eigenvalue weighted by Crippen LogP contribution is 2.48. The van der Waals surface area contributed by atoms with E-state index in [4.69, 9.17) is 12.2 Å². The highest BCUT2D eigenvalue weighted by Gasteiger charge is 2.32. The average Bonchev–Trinajstić information content (AvgIpc) is 3.14. The second-order valence-corrected chi connectivity index (χ2v) is 11.3. The molecular formula is C29H24N2O2S3. The van der Waals surface area contributed by atoms with Gasteiger partial charge in [-0.25, -0.2) is 0 Å². The molecule has 4 nitrogen and oxygen atoms in total. The molecule has 2 amide bonds. The Hall–Kier alpha value is -3.13. The van der Waals surface area contributed by atoms with Crippen molar-refractivity contribution in [3.8, 4) is 0 Å². The summed E-state index contributed by atoms with van der Waals surface area (Å²) in [7, 11) is 0. The van der Waals surface area contributed by atoms with E-state index in [2.05, 4.69) is 0 Å². The first-order valence-corrected chi connectivity index (χ1v) is 13.7. The predicted octanol–water partition coefficient (Wildman–Crippen LogP) is 7.44. The lowest BCUT2D eigenvalue weighted by Gasteiger charge is -2.31. The van der Waals surface area contributed by atoms with E-state index >= 15 is 0 Å². The largest absolute Gasteiger partial charge is 0.293 e. The van der Waals surface area contributed by atoms with Crippen LogP contribution in [0.4, 0.5) is 11.4 Å². The van der Waals surface area contributed by atoms with Crippen molar-refractivity contribution in [3.63, 3.8) is 0 Å². The molecule has 3 aromatic carbocycles. The minimum atomic E-state index is -0.0941. The van der Waals surface area contributed by atoms with Crippen molar-refractivity contribution in [3.05, 3.63) is 101 Å². The maximum atomic E-state index is 13.4. The van der Waals surface area contributed by atoms with Crippen LogP contribution < -0.4 is 4.90 Å². The van der Waals surface area contributed by atoms with Gasteiger partial charge in [-0.3, -0.25) is 19.4 Å². The normalized spacial score (nSPS) is 16.4. The monoisotopic (exact) mass is 528 g/mol. The van der Waals surface area contributed by atoms with Crippen molar-refractivity contribution in [1.29, 1.82) is 0 Å². The number of thiocarbonyl (C=S) groups is 1. The van der Waals surface area contributed by atoms with Crippen molar-refractivity contribution in [2.24, 2.45) is 0 Å². The van der Waals surface area contributed by atoms with Crippen LogP contribution in [0, 0.1) is 0 Å². The molecule has 1 fully saturated rings. The quantitative estimate of drug-likeness (QED) is 0.246. The number of allylic oxidation sites excluding steroid dienone is 2. The van der Waals surface area contributed by atoms with E-state index in [0.29, 0.717) is 28.6 Å². The van der Waals surface area contributed by atoms with Crippen molar-refractivity contribution >= 4 is 69.3 Å². The molecule has 2 aliphatic heterocycles. The maximum absolute atomic E-state index is 13.4. The molecule has 36 heavy (non-hydrogen) atoms. The third-order valence-corrected chi connectivity index (χ3v) is 8.39. The first-order valence-electron chi connectivity index (χ1n) is 11.7. The fourth-order valence-corrected chi connectivity index (χ4v) is 6.64. The van der Waals surface area contributed by atoms with Gasteiger partial charge in [0.25, 0.3) is 5.91 Å². The second kappa shape index (κ2) is 10.9. The van der Waals surface area contributed by atoms with Gasteiger partial charge >= 0.3 is 0 Å². The van der Waals surface area contributed by atoms with Crippen LogP contribution in [0.3, 0.4) is 0 Å². The molecule has 2 aliphatic rings. The Morgan fingerprint density at radius 3 is 2.17 bits per heavy atom. The van der Waals surface area contributed by atoms with Gasteiger partial charge in [-0.2, -0.15) is 0 Å². The number of amides is 2. The van der Waals surface area contributed by atoms with E-state index in [9.17, 15) is 9.59 Å². The van der Waals surface area contributed by atoms with Gasteiger partial charge < -0.3 is 0 Å². The van der Waals surface area contributed by atoms with E-state index in [-0.39, 0.29) is 11.8 Å². The molecule has 2 heterocycles. The molecule has 0 radical (unpaired) electrons. The number of rotatable bonds is 6. The summed E-state index contributed by atoms with van der Waals surface area (Å²) in [6.07, 6.45) is 4.77. The summed E-state index contributed by atoms with van der Waals surface area (Å²) in [5, 5.41) is 0. The lowest BCUT2D eigenvalue weighted by atomic mass is 10.1. The topological polar surface area (TPSA) is 40.6 Å². The number of anilines is 2. The summed E-state index contributed by atoms with van der Waals surface area (Å²) < 4.78 is 0.538. The van der Waals surface area contributed by atoms with Crippen LogP contribution >= 0.6 is 35.7 Å². The SMILES string of the molecule is CC(/C=C1\SC(=S)N(CCCC(=O)N2c3ccccc3Sc3ccccc32)C1=O)=C\c1ccccc1. The minimum Gasteiger partial charge on any atom is -0.293 e. The lowest BCUT2D eigenvalue weighted by Crippen LogP contribution is -2.32. The molecule has 0 spiro atoms. The summed E-state index contributed by atoms with van der Waals surface area (Å²) in [4.78, 5) is 32.6. The lowest BCUT2D eigenvalue weighted by molar-refractivity contribution is -0.123. The van der Waals surface area contributed by atoms with Crippen molar-refractivity contribution < 1.29 is 9.59 Å². The van der Waals surface area contributed by atoms with E-state index in [1.165, 1.54) is 11.8 Å². The Morgan fingerprint density at radius 2 is 1.50 bits per heavy atom. The van der Waals surface area contributed by atoms with Crippen LogP contribution in [0.25, 0.3) is 6.08 Å². The Morgan fingerprint density at radius 1 is 0.889 bits per heavy atom. The van der Waals surface area contributed by atoms with Gasteiger partial charge in [-0.1, -0.05) is 96.4 Å². The van der Waals surface area contributed by atoms with E-state index in [1.54, 1.807) is 16.7 Å². The molecule has 0 saturated carbocycles. The van der Waals surface area contributed by atoms with Gasteiger partial charge in [0.2, 0.25) is 5.91 Å². The number of nitrogens with zero attached hydrogens (tertiary/aromatic N) is 2. The molecule has 0 bridgehead atoms. The number of hydrogen-bond acceptors (Lipinski definition) is 5. The standard InChI is InChI=1S/C29H24N2O2S3/c1-20(18-21-10-3-2-4-11-21)19-26-28(33)30(29(34)36-26)17-9-16-27(32)31-22-12-5-7-14-24(22)35-25-15-8-6-13-23(25)31/h2-8,10-15,18-19H,9,16-17H2,1H3/b20-18+,26-19-. The van der Waals surface area contributed by atoms with Crippen molar-refractivity contribution in [2.45, 2.75) is 29.6 Å². The molecule has 1 saturated heterocycles. The Bertz CT molecular complexity index is 1350. The third-order valence-electron chi connectivity index (χ3n) is 5.88. The Labute approximate surface area is 225 Å². The Kier molecular flexibility index (Phi) is 7.41. The minimum absolute atomic E-state index is 0.0119. The number of thioether (sulfide) groups is 1. The summed E-state index contributed by atoms with van der Waals surface area (Å²) in [5.41, 5.74) is 3.87. The van der Waals surface area contributed by atoms with E-state index in [0.717, 1.165) is 32.3 Å². The molecule has 3 aromatic rings. The van der Waals surface area contributed by atoms with Crippen LogP contribution in [0.5, 0.6) is 0 Å². The molecule has 0 unspecified atom stereocenters.